The largest absolute Gasteiger partial charge is 0.399 e. The number of hydrogen-bond acceptors (Lipinski definition) is 3. The van der Waals surface area contributed by atoms with Crippen LogP contribution in [0.5, 0.6) is 0 Å². The second-order valence-electron chi connectivity index (χ2n) is 3.93. The van der Waals surface area contributed by atoms with Gasteiger partial charge in [0.25, 0.3) is 0 Å². The maximum absolute atomic E-state index is 5.75. The Morgan fingerprint density at radius 2 is 2.19 bits per heavy atom. The summed E-state index contributed by atoms with van der Waals surface area (Å²) in [5.41, 5.74) is 8.68. The average Bonchev–Trinajstić information content (AvgIpc) is 2.64. The van der Waals surface area contributed by atoms with E-state index in [4.69, 9.17) is 5.73 Å². The van der Waals surface area contributed by atoms with Crippen LogP contribution in [0.2, 0.25) is 0 Å². The fraction of sp³-hybridized carbons (Fsp3) is 0.250. The van der Waals surface area contributed by atoms with E-state index in [0.29, 0.717) is 0 Å². The quantitative estimate of drug-likeness (QED) is 0.793. The zero-order valence-electron chi connectivity index (χ0n) is 9.59. The number of rotatable bonds is 3. The van der Waals surface area contributed by atoms with Gasteiger partial charge in [0.2, 0.25) is 0 Å². The van der Waals surface area contributed by atoms with E-state index in [9.17, 15) is 0 Å². The van der Waals surface area contributed by atoms with Crippen molar-refractivity contribution in [1.29, 1.82) is 0 Å². The second-order valence-corrected chi connectivity index (χ2v) is 3.93. The third kappa shape index (κ3) is 2.34. The lowest BCUT2D eigenvalue weighted by atomic mass is 10.2. The normalized spacial score (nSPS) is 10.4. The molecule has 16 heavy (non-hydrogen) atoms. The van der Waals surface area contributed by atoms with Crippen molar-refractivity contribution in [2.45, 2.75) is 6.54 Å². The summed E-state index contributed by atoms with van der Waals surface area (Å²) in [6, 6.07) is 9.86. The van der Waals surface area contributed by atoms with Gasteiger partial charge in [-0.25, -0.2) is 0 Å². The number of anilines is 2. The predicted octanol–water partition coefficient (Wildman–Crippen LogP) is 1.64. The molecule has 2 aromatic rings. The lowest BCUT2D eigenvalue weighted by Gasteiger charge is -2.18. The number of hydrogen-bond donors (Lipinski definition) is 1. The molecule has 0 aliphatic carbocycles. The van der Waals surface area contributed by atoms with Crippen LogP contribution in [0.4, 0.5) is 11.4 Å². The van der Waals surface area contributed by atoms with Crippen LogP contribution in [-0.2, 0) is 13.6 Å². The molecule has 1 aromatic heterocycles. The summed E-state index contributed by atoms with van der Waals surface area (Å²) in [5.74, 6) is 0. The number of aryl methyl sites for hydroxylation is 1. The molecule has 0 radical (unpaired) electrons. The Labute approximate surface area is 95.3 Å². The SMILES string of the molecule is CN(Cc1ccn(C)n1)c1cccc(N)c1. The van der Waals surface area contributed by atoms with Crippen molar-refractivity contribution in [1.82, 2.24) is 9.78 Å². The lowest BCUT2D eigenvalue weighted by molar-refractivity contribution is 0.734. The molecule has 1 heterocycles. The second kappa shape index (κ2) is 4.26. The van der Waals surface area contributed by atoms with Crippen LogP contribution in [0, 0.1) is 0 Å². The first kappa shape index (κ1) is 10.5. The van der Waals surface area contributed by atoms with Crippen LogP contribution < -0.4 is 10.6 Å². The first-order valence-electron chi connectivity index (χ1n) is 5.20. The van der Waals surface area contributed by atoms with E-state index in [-0.39, 0.29) is 0 Å². The van der Waals surface area contributed by atoms with Crippen LogP contribution in [0.25, 0.3) is 0 Å². The predicted molar refractivity (Wildman–Crippen MR) is 66.2 cm³/mol. The first-order valence-corrected chi connectivity index (χ1v) is 5.20. The van der Waals surface area contributed by atoms with Gasteiger partial charge in [-0.1, -0.05) is 6.07 Å². The molecule has 0 atom stereocenters. The van der Waals surface area contributed by atoms with Crippen LogP contribution >= 0.6 is 0 Å². The van der Waals surface area contributed by atoms with E-state index in [1.807, 2.05) is 55.3 Å². The maximum atomic E-state index is 5.75. The summed E-state index contributed by atoms with van der Waals surface area (Å²) in [6.45, 7) is 0.782. The van der Waals surface area contributed by atoms with Crippen molar-refractivity contribution in [2.75, 3.05) is 17.7 Å². The molecule has 0 bridgehead atoms. The van der Waals surface area contributed by atoms with Crippen LogP contribution in [-0.4, -0.2) is 16.8 Å². The molecular weight excluding hydrogens is 200 g/mol. The fourth-order valence-electron chi connectivity index (χ4n) is 1.64. The minimum atomic E-state index is 0.782. The lowest BCUT2D eigenvalue weighted by Crippen LogP contribution is -2.16. The Morgan fingerprint density at radius 1 is 1.38 bits per heavy atom. The molecule has 2 N–H and O–H groups in total. The molecule has 4 nitrogen and oxygen atoms in total. The van der Waals surface area contributed by atoms with Crippen molar-refractivity contribution in [3.8, 4) is 0 Å². The van der Waals surface area contributed by atoms with Crippen molar-refractivity contribution < 1.29 is 0 Å². The van der Waals surface area contributed by atoms with Crippen molar-refractivity contribution in [2.24, 2.45) is 7.05 Å². The summed E-state index contributed by atoms with van der Waals surface area (Å²) < 4.78 is 1.81. The minimum absolute atomic E-state index is 0.782. The van der Waals surface area contributed by atoms with E-state index in [1.54, 1.807) is 0 Å². The van der Waals surface area contributed by atoms with Gasteiger partial charge in [-0.2, -0.15) is 5.10 Å². The molecule has 0 aliphatic heterocycles. The van der Waals surface area contributed by atoms with Gasteiger partial charge in [0.1, 0.15) is 0 Å². The highest BCUT2D eigenvalue weighted by atomic mass is 15.3. The standard InChI is InChI=1S/C12H16N4/c1-15(9-11-6-7-16(2)14-11)12-5-3-4-10(13)8-12/h3-8H,9,13H2,1-2H3. The van der Waals surface area contributed by atoms with E-state index in [1.165, 1.54) is 0 Å². The van der Waals surface area contributed by atoms with Crippen LogP contribution in [0.1, 0.15) is 5.69 Å². The van der Waals surface area contributed by atoms with Gasteiger partial charge in [-0.05, 0) is 24.3 Å². The Hall–Kier alpha value is -1.97. The zero-order chi connectivity index (χ0) is 11.5. The molecule has 0 saturated carbocycles. The van der Waals surface area contributed by atoms with Gasteiger partial charge < -0.3 is 10.6 Å². The molecule has 0 amide bonds. The Bertz CT molecular complexity index is 475. The maximum Gasteiger partial charge on any atom is 0.0817 e. The molecule has 0 spiro atoms. The minimum Gasteiger partial charge on any atom is -0.399 e. The first-order chi connectivity index (χ1) is 7.65. The molecular formula is C12H16N4. The summed E-state index contributed by atoms with van der Waals surface area (Å²) in [4.78, 5) is 2.12. The van der Waals surface area contributed by atoms with Crippen LogP contribution in [0.15, 0.2) is 36.5 Å². The molecule has 0 unspecified atom stereocenters. The summed E-state index contributed by atoms with van der Waals surface area (Å²) in [5, 5.41) is 4.34. The topological polar surface area (TPSA) is 47.1 Å². The van der Waals surface area contributed by atoms with Gasteiger partial charge in [0, 0.05) is 31.7 Å². The highest BCUT2D eigenvalue weighted by Gasteiger charge is 2.04. The molecule has 0 fully saturated rings. The van der Waals surface area contributed by atoms with E-state index >= 15 is 0 Å². The summed E-state index contributed by atoms with van der Waals surface area (Å²) in [7, 11) is 3.95. The van der Waals surface area contributed by atoms with Crippen molar-refractivity contribution in [3.63, 3.8) is 0 Å². The monoisotopic (exact) mass is 216 g/mol. The molecule has 84 valence electrons. The molecule has 2 rings (SSSR count). The van der Waals surface area contributed by atoms with Gasteiger partial charge >= 0.3 is 0 Å². The van der Waals surface area contributed by atoms with Crippen molar-refractivity contribution in [3.05, 3.63) is 42.2 Å². The Kier molecular flexibility index (Phi) is 2.81. The van der Waals surface area contributed by atoms with Gasteiger partial charge in [-0.3, -0.25) is 4.68 Å². The summed E-state index contributed by atoms with van der Waals surface area (Å²) in [6.07, 6.45) is 1.95. The number of nitrogens with two attached hydrogens (primary N) is 1. The zero-order valence-corrected chi connectivity index (χ0v) is 9.59. The highest BCUT2D eigenvalue weighted by Crippen LogP contribution is 2.17. The highest BCUT2D eigenvalue weighted by molar-refractivity contribution is 5.55. The number of nitrogen functional groups attached to an aromatic ring is 1. The average molecular weight is 216 g/mol. The number of aromatic nitrogens is 2. The summed E-state index contributed by atoms with van der Waals surface area (Å²) >= 11 is 0. The number of benzene rings is 1. The van der Waals surface area contributed by atoms with E-state index in [2.05, 4.69) is 10.00 Å². The Balaban J connectivity index is 2.11. The van der Waals surface area contributed by atoms with Crippen LogP contribution in [0.3, 0.4) is 0 Å². The Morgan fingerprint density at radius 3 is 2.81 bits per heavy atom. The molecule has 0 aliphatic rings. The molecule has 0 saturated heterocycles. The third-order valence-electron chi connectivity index (χ3n) is 2.48. The third-order valence-corrected chi connectivity index (χ3v) is 2.48. The van der Waals surface area contributed by atoms with E-state index in [0.717, 1.165) is 23.6 Å². The fourth-order valence-corrected chi connectivity index (χ4v) is 1.64. The van der Waals surface area contributed by atoms with Crippen molar-refractivity contribution >= 4 is 11.4 Å². The number of nitrogens with zero attached hydrogens (tertiary/aromatic N) is 3. The smallest absolute Gasteiger partial charge is 0.0817 e. The molecule has 4 heteroatoms. The van der Waals surface area contributed by atoms with Gasteiger partial charge in [-0.15, -0.1) is 0 Å². The molecule has 1 aromatic carbocycles. The van der Waals surface area contributed by atoms with Gasteiger partial charge in [0.05, 0.1) is 12.2 Å². The van der Waals surface area contributed by atoms with Gasteiger partial charge in [0.15, 0.2) is 0 Å². The van der Waals surface area contributed by atoms with E-state index < -0.39 is 0 Å².